The summed E-state index contributed by atoms with van der Waals surface area (Å²) in [6.45, 7) is 4.20. The summed E-state index contributed by atoms with van der Waals surface area (Å²) in [4.78, 5) is 21.3. The molecule has 0 spiro atoms. The van der Waals surface area contributed by atoms with Crippen molar-refractivity contribution >= 4 is 28.6 Å². The van der Waals surface area contributed by atoms with E-state index in [9.17, 15) is 4.79 Å². The Labute approximate surface area is 168 Å². The fraction of sp³-hybridized carbons (Fsp3) is 0.350. The number of benzene rings is 1. The van der Waals surface area contributed by atoms with Gasteiger partial charge in [0.1, 0.15) is 0 Å². The van der Waals surface area contributed by atoms with E-state index in [1.807, 2.05) is 29.0 Å². The molecule has 1 aromatic carbocycles. The molecule has 1 N–H and O–H groups in total. The molecule has 0 atom stereocenters. The molecule has 1 amide bonds. The van der Waals surface area contributed by atoms with Crippen LogP contribution in [-0.2, 0) is 11.2 Å². The number of thiophene rings is 1. The van der Waals surface area contributed by atoms with Crippen molar-refractivity contribution in [3.63, 3.8) is 0 Å². The van der Waals surface area contributed by atoms with Crippen LogP contribution in [0.25, 0.3) is 11.4 Å². The molecule has 1 saturated heterocycles. The normalized spacial score (nSPS) is 15.0. The van der Waals surface area contributed by atoms with Gasteiger partial charge in [-0.3, -0.25) is 4.79 Å². The minimum atomic E-state index is -0.0670. The second kappa shape index (κ2) is 8.53. The van der Waals surface area contributed by atoms with Crippen molar-refractivity contribution in [2.75, 3.05) is 43.4 Å². The molecular weight excluding hydrogens is 374 g/mol. The van der Waals surface area contributed by atoms with Gasteiger partial charge in [0, 0.05) is 61.3 Å². The molecule has 146 valence electrons. The molecule has 8 heteroatoms. The van der Waals surface area contributed by atoms with Gasteiger partial charge in [-0.25, -0.2) is 0 Å². The summed E-state index contributed by atoms with van der Waals surface area (Å²) in [5.74, 6) is 0.973. The smallest absolute Gasteiger partial charge is 0.227 e. The lowest BCUT2D eigenvalue weighted by molar-refractivity contribution is -0.116. The van der Waals surface area contributed by atoms with Crippen LogP contribution in [0.1, 0.15) is 12.3 Å². The van der Waals surface area contributed by atoms with Gasteiger partial charge in [-0.2, -0.15) is 16.3 Å². The predicted octanol–water partition coefficient (Wildman–Crippen LogP) is 3.12. The van der Waals surface area contributed by atoms with Crippen LogP contribution in [-0.4, -0.2) is 54.2 Å². The van der Waals surface area contributed by atoms with Gasteiger partial charge in [-0.1, -0.05) is 5.16 Å². The third-order valence-corrected chi connectivity index (χ3v) is 5.52. The molecule has 4 rings (SSSR count). The lowest BCUT2D eigenvalue weighted by atomic mass is 10.2. The van der Waals surface area contributed by atoms with Crippen LogP contribution in [0, 0.1) is 0 Å². The van der Waals surface area contributed by atoms with Crippen molar-refractivity contribution in [2.24, 2.45) is 0 Å². The van der Waals surface area contributed by atoms with Crippen LogP contribution >= 0.6 is 11.3 Å². The lowest BCUT2D eigenvalue weighted by Crippen LogP contribution is -2.44. The zero-order chi connectivity index (χ0) is 19.3. The van der Waals surface area contributed by atoms with Crippen molar-refractivity contribution < 1.29 is 9.32 Å². The number of carbonyl (C=O) groups excluding carboxylic acids is 1. The van der Waals surface area contributed by atoms with E-state index >= 15 is 0 Å². The lowest BCUT2D eigenvalue weighted by Gasteiger charge is -2.34. The van der Waals surface area contributed by atoms with Gasteiger partial charge in [0.2, 0.25) is 17.6 Å². The molecule has 0 saturated carbocycles. The molecule has 0 radical (unpaired) electrons. The van der Waals surface area contributed by atoms with Crippen molar-refractivity contribution in [2.45, 2.75) is 12.8 Å². The van der Waals surface area contributed by atoms with Crippen LogP contribution in [0.2, 0.25) is 0 Å². The van der Waals surface area contributed by atoms with E-state index in [0.717, 1.165) is 37.4 Å². The van der Waals surface area contributed by atoms with E-state index in [-0.39, 0.29) is 5.91 Å². The number of amides is 1. The summed E-state index contributed by atoms with van der Waals surface area (Å²) in [6, 6.07) is 9.97. The maximum Gasteiger partial charge on any atom is 0.227 e. The van der Waals surface area contributed by atoms with E-state index in [1.165, 1.54) is 5.69 Å². The number of piperazine rings is 1. The topological polar surface area (TPSA) is 74.5 Å². The zero-order valence-electron chi connectivity index (χ0n) is 15.8. The fourth-order valence-corrected chi connectivity index (χ4v) is 3.76. The first-order valence-electron chi connectivity index (χ1n) is 9.36. The Hall–Kier alpha value is -2.71. The van der Waals surface area contributed by atoms with Gasteiger partial charge >= 0.3 is 0 Å². The number of hydrogen-bond donors (Lipinski definition) is 1. The quantitative estimate of drug-likeness (QED) is 0.689. The molecule has 3 heterocycles. The third kappa shape index (κ3) is 4.58. The molecule has 3 aromatic rings. The first-order chi connectivity index (χ1) is 13.7. The first-order valence-corrected chi connectivity index (χ1v) is 10.3. The van der Waals surface area contributed by atoms with Gasteiger partial charge in [0.15, 0.2) is 0 Å². The Kier molecular flexibility index (Phi) is 5.68. The summed E-state index contributed by atoms with van der Waals surface area (Å²) < 4.78 is 5.23. The maximum absolute atomic E-state index is 12.2. The van der Waals surface area contributed by atoms with Crippen LogP contribution in [0.15, 0.2) is 45.6 Å². The first kappa shape index (κ1) is 18.6. The summed E-state index contributed by atoms with van der Waals surface area (Å²) >= 11 is 1.58. The number of carbonyl (C=O) groups is 1. The number of aryl methyl sites for hydroxylation is 1. The Morgan fingerprint density at radius 2 is 1.96 bits per heavy atom. The monoisotopic (exact) mass is 397 g/mol. The standard InChI is InChI=1S/C20H23N5O2S/c1-24-9-11-25(12-10-24)17-4-2-16(3-5-17)21-18(26)6-7-19-22-20(23-27-19)15-8-13-28-14-15/h2-5,8,13-14H,6-7,9-12H2,1H3,(H,21,26). The van der Waals surface area contributed by atoms with Crippen LogP contribution in [0.4, 0.5) is 11.4 Å². The van der Waals surface area contributed by atoms with Crippen molar-refractivity contribution in [3.05, 3.63) is 47.0 Å². The molecule has 7 nitrogen and oxygen atoms in total. The Bertz CT molecular complexity index is 899. The Balaban J connectivity index is 1.27. The molecule has 2 aromatic heterocycles. The van der Waals surface area contributed by atoms with Gasteiger partial charge in [-0.05, 0) is 42.8 Å². The summed E-state index contributed by atoms with van der Waals surface area (Å²) in [7, 11) is 2.15. The zero-order valence-corrected chi connectivity index (χ0v) is 16.6. The molecule has 0 bridgehead atoms. The summed E-state index contributed by atoms with van der Waals surface area (Å²) in [6.07, 6.45) is 0.716. The van der Waals surface area contributed by atoms with Crippen LogP contribution in [0.5, 0.6) is 0 Å². The average molecular weight is 398 g/mol. The van der Waals surface area contributed by atoms with E-state index in [4.69, 9.17) is 4.52 Å². The van der Waals surface area contributed by atoms with E-state index in [2.05, 4.69) is 44.4 Å². The number of hydrogen-bond acceptors (Lipinski definition) is 7. The SMILES string of the molecule is CN1CCN(c2ccc(NC(=O)CCc3nc(-c4ccsc4)no3)cc2)CC1. The molecule has 1 aliphatic heterocycles. The predicted molar refractivity (Wildman–Crippen MR) is 111 cm³/mol. The number of rotatable bonds is 6. The van der Waals surface area contributed by atoms with Gasteiger partial charge < -0.3 is 19.6 Å². The highest BCUT2D eigenvalue weighted by Crippen LogP contribution is 2.20. The van der Waals surface area contributed by atoms with E-state index in [0.29, 0.717) is 24.6 Å². The van der Waals surface area contributed by atoms with E-state index < -0.39 is 0 Å². The van der Waals surface area contributed by atoms with Crippen LogP contribution < -0.4 is 10.2 Å². The summed E-state index contributed by atoms with van der Waals surface area (Å²) in [5, 5.41) is 10.8. The maximum atomic E-state index is 12.2. The number of likely N-dealkylation sites (N-methyl/N-ethyl adjacent to an activating group) is 1. The molecule has 1 fully saturated rings. The minimum Gasteiger partial charge on any atom is -0.369 e. The second-order valence-corrected chi connectivity index (χ2v) is 7.69. The van der Waals surface area contributed by atoms with Crippen molar-refractivity contribution in [1.29, 1.82) is 0 Å². The second-order valence-electron chi connectivity index (χ2n) is 6.91. The van der Waals surface area contributed by atoms with Crippen molar-refractivity contribution in [3.8, 4) is 11.4 Å². The molecule has 28 heavy (non-hydrogen) atoms. The van der Waals surface area contributed by atoms with Crippen LogP contribution in [0.3, 0.4) is 0 Å². The Morgan fingerprint density at radius 3 is 2.68 bits per heavy atom. The molecule has 0 aliphatic carbocycles. The number of nitrogens with one attached hydrogen (secondary N) is 1. The highest BCUT2D eigenvalue weighted by molar-refractivity contribution is 7.08. The minimum absolute atomic E-state index is 0.0670. The molecule has 0 unspecified atom stereocenters. The van der Waals surface area contributed by atoms with E-state index in [1.54, 1.807) is 11.3 Å². The largest absolute Gasteiger partial charge is 0.369 e. The Morgan fingerprint density at radius 1 is 1.18 bits per heavy atom. The number of anilines is 2. The number of aromatic nitrogens is 2. The summed E-state index contributed by atoms with van der Waals surface area (Å²) in [5.41, 5.74) is 2.93. The average Bonchev–Trinajstić information content (AvgIpc) is 3.39. The van der Waals surface area contributed by atoms with Crippen molar-refractivity contribution in [1.82, 2.24) is 15.0 Å². The highest BCUT2D eigenvalue weighted by Gasteiger charge is 2.14. The third-order valence-electron chi connectivity index (χ3n) is 4.83. The van der Waals surface area contributed by atoms with Gasteiger partial charge in [0.05, 0.1) is 0 Å². The van der Waals surface area contributed by atoms with Gasteiger partial charge in [-0.15, -0.1) is 0 Å². The number of nitrogens with zero attached hydrogens (tertiary/aromatic N) is 4. The highest BCUT2D eigenvalue weighted by atomic mass is 32.1. The fourth-order valence-electron chi connectivity index (χ4n) is 3.13. The molecular formula is C20H23N5O2S. The van der Waals surface area contributed by atoms with Gasteiger partial charge in [0.25, 0.3) is 0 Å². The molecule has 1 aliphatic rings.